The van der Waals surface area contributed by atoms with Crippen LogP contribution in [-0.2, 0) is 38.0 Å². The van der Waals surface area contributed by atoms with E-state index in [1.165, 1.54) is 186 Å². The minimum atomic E-state index is -1.78. The molecule has 4 unspecified atom stereocenters. The maximum absolute atomic E-state index is 12.9. The van der Waals surface area contributed by atoms with Crippen molar-refractivity contribution in [2.75, 3.05) is 26.4 Å². The number of hydrogen-bond acceptors (Lipinski definition) is 15. The van der Waals surface area contributed by atoms with E-state index in [9.17, 15) is 45.3 Å². The van der Waals surface area contributed by atoms with Crippen molar-refractivity contribution in [3.8, 4) is 0 Å². The summed E-state index contributed by atoms with van der Waals surface area (Å²) >= 11 is 0. The van der Waals surface area contributed by atoms with Crippen LogP contribution in [0.15, 0.2) is 24.3 Å². The van der Waals surface area contributed by atoms with E-state index in [1.807, 2.05) is 6.08 Å². The first-order chi connectivity index (χ1) is 36.0. The molecule has 0 bridgehead atoms. The van der Waals surface area contributed by atoms with E-state index in [0.717, 1.165) is 38.5 Å². The fraction of sp³-hybridized carbons (Fsp3) is 0.898. The Hall–Kier alpha value is -2.02. The predicted molar refractivity (Wildman–Crippen MR) is 289 cm³/mol. The molecule has 2 rings (SSSR count). The number of carbonyl (C=O) groups is 2. The molecule has 0 aromatic heterocycles. The number of carbonyl (C=O) groups excluding carboxylic acids is 2. The van der Waals surface area contributed by atoms with Crippen molar-refractivity contribution >= 4 is 11.9 Å². The van der Waals surface area contributed by atoms with Crippen LogP contribution in [0.1, 0.15) is 245 Å². The second-order valence-electron chi connectivity index (χ2n) is 21.3. The molecule has 15 nitrogen and oxygen atoms in total. The Morgan fingerprint density at radius 1 is 0.459 bits per heavy atom. The first kappa shape index (κ1) is 68.1. The quantitative estimate of drug-likeness (QED) is 0.0130. The van der Waals surface area contributed by atoms with Gasteiger partial charge in [-0.2, -0.15) is 0 Å². The summed E-state index contributed by atoms with van der Waals surface area (Å²) < 4.78 is 33.5. The molecule has 74 heavy (non-hydrogen) atoms. The lowest BCUT2D eigenvalue weighted by atomic mass is 9.98. The molecule has 2 saturated heterocycles. The number of unbranched alkanes of at least 4 members (excludes halogenated alkanes) is 33. The van der Waals surface area contributed by atoms with Crippen molar-refractivity contribution in [3.63, 3.8) is 0 Å². The molecule has 2 heterocycles. The van der Waals surface area contributed by atoms with Crippen molar-refractivity contribution in [2.45, 2.75) is 313 Å². The Morgan fingerprint density at radius 3 is 1.30 bits per heavy atom. The summed E-state index contributed by atoms with van der Waals surface area (Å²) in [5, 5.41) is 72.2. The summed E-state index contributed by atoms with van der Waals surface area (Å²) in [4.78, 5) is 25.8. The van der Waals surface area contributed by atoms with Gasteiger partial charge in [0.05, 0.1) is 19.8 Å². The van der Waals surface area contributed by atoms with Crippen LogP contribution in [0.3, 0.4) is 0 Å². The minimum absolute atomic E-state index is 0.204. The molecule has 0 aliphatic carbocycles. The summed E-state index contributed by atoms with van der Waals surface area (Å²) in [5.41, 5.74) is 0. The maximum atomic E-state index is 12.9. The number of esters is 2. The van der Waals surface area contributed by atoms with E-state index in [4.69, 9.17) is 28.4 Å². The zero-order chi connectivity index (χ0) is 53.9. The van der Waals surface area contributed by atoms with Gasteiger partial charge in [-0.05, 0) is 19.3 Å². The van der Waals surface area contributed by atoms with Crippen LogP contribution in [0.5, 0.6) is 0 Å². The topological polar surface area (TPSA) is 231 Å². The van der Waals surface area contributed by atoms with Crippen LogP contribution in [0, 0.1) is 0 Å². The van der Waals surface area contributed by atoms with Gasteiger partial charge in [0.2, 0.25) is 0 Å². The molecule has 434 valence electrons. The zero-order valence-corrected chi connectivity index (χ0v) is 46.3. The summed E-state index contributed by atoms with van der Waals surface area (Å²) in [6.07, 6.45) is 34.2. The first-order valence-corrected chi connectivity index (χ1v) is 30.0. The molecule has 2 fully saturated rings. The van der Waals surface area contributed by atoms with Crippen LogP contribution in [-0.4, -0.2) is 142 Å². The van der Waals surface area contributed by atoms with Crippen molar-refractivity contribution in [2.24, 2.45) is 0 Å². The average molecular weight is 1060 g/mol. The van der Waals surface area contributed by atoms with E-state index in [-0.39, 0.29) is 13.0 Å². The molecule has 0 aromatic rings. The summed E-state index contributed by atoms with van der Waals surface area (Å²) in [5.74, 6) is -1.16. The number of rotatable bonds is 48. The van der Waals surface area contributed by atoms with E-state index < -0.39 is 99.3 Å². The fourth-order valence-corrected chi connectivity index (χ4v) is 9.66. The Labute approximate surface area is 447 Å². The van der Waals surface area contributed by atoms with Gasteiger partial charge in [-0.1, -0.05) is 238 Å². The molecule has 2 aliphatic rings. The number of allylic oxidation sites excluding steroid dienone is 3. The minimum Gasteiger partial charge on any atom is -0.462 e. The highest BCUT2D eigenvalue weighted by atomic mass is 16.7. The molecule has 0 amide bonds. The molecule has 7 N–H and O–H groups in total. The lowest BCUT2D eigenvalue weighted by Gasteiger charge is -2.42. The largest absolute Gasteiger partial charge is 0.462 e. The van der Waals surface area contributed by atoms with Crippen LogP contribution in [0.25, 0.3) is 0 Å². The number of hydrogen-bond donors (Lipinski definition) is 7. The average Bonchev–Trinajstić information content (AvgIpc) is 3.39. The Bertz CT molecular complexity index is 1380. The van der Waals surface area contributed by atoms with Crippen LogP contribution < -0.4 is 0 Å². The summed E-state index contributed by atoms with van der Waals surface area (Å²) in [6.45, 7) is 2.53. The van der Waals surface area contributed by atoms with Gasteiger partial charge in [0.1, 0.15) is 55.4 Å². The van der Waals surface area contributed by atoms with Crippen molar-refractivity contribution in [1.29, 1.82) is 0 Å². The van der Waals surface area contributed by atoms with Gasteiger partial charge in [0, 0.05) is 12.5 Å². The van der Waals surface area contributed by atoms with Crippen molar-refractivity contribution in [3.05, 3.63) is 24.3 Å². The number of aliphatic hydroxyl groups is 7. The molecule has 15 heteroatoms. The van der Waals surface area contributed by atoms with Gasteiger partial charge in [-0.3, -0.25) is 4.79 Å². The third-order valence-corrected chi connectivity index (χ3v) is 14.5. The molecule has 0 aromatic carbocycles. The van der Waals surface area contributed by atoms with Gasteiger partial charge in [0.25, 0.3) is 0 Å². The highest BCUT2D eigenvalue weighted by molar-refractivity contribution is 5.82. The van der Waals surface area contributed by atoms with Gasteiger partial charge in [-0.15, -0.1) is 0 Å². The number of ether oxygens (including phenoxy) is 6. The molecular formula is C59H108O15. The van der Waals surface area contributed by atoms with Crippen LogP contribution in [0.2, 0.25) is 0 Å². The highest BCUT2D eigenvalue weighted by Crippen LogP contribution is 2.27. The lowest BCUT2D eigenvalue weighted by Crippen LogP contribution is -2.61. The molecule has 2 aliphatic heterocycles. The molecule has 0 radical (unpaired) electrons. The Morgan fingerprint density at radius 2 is 0.851 bits per heavy atom. The maximum Gasteiger partial charge on any atom is 0.331 e. The lowest BCUT2D eigenvalue weighted by molar-refractivity contribution is -0.332. The third-order valence-electron chi connectivity index (χ3n) is 14.5. The summed E-state index contributed by atoms with van der Waals surface area (Å²) in [7, 11) is 0. The van der Waals surface area contributed by atoms with Gasteiger partial charge < -0.3 is 64.2 Å². The predicted octanol–water partition coefficient (Wildman–Crippen LogP) is 10.3. The molecule has 0 spiro atoms. The Kier molecular flexibility index (Phi) is 42.3. The van der Waals surface area contributed by atoms with E-state index >= 15 is 0 Å². The fourth-order valence-electron chi connectivity index (χ4n) is 9.66. The molecule has 11 atom stereocenters. The normalized spacial score (nSPS) is 24.8. The smallest absolute Gasteiger partial charge is 0.331 e. The standard InChI is InChI=1S/C59H108O15/c1-3-5-7-9-11-13-15-17-19-20-21-22-23-24-25-26-28-29-31-33-35-37-39-41-50(61)69-44-47(72-51(62)42-40-38-36-34-32-30-27-18-16-14-12-10-8-6-4-2)45-70-58-57(68)55(66)53(64)49(74-58)46-71-59-56(67)54(65)52(63)48(43-60)73-59/h36,38,40,42,47-49,52-60,63-68H,3-35,37,39,41,43-46H2,1-2H3/b38-36+,42-40+/t47-,48+,49+,52-,53-,54?,55?,56?,57?,58+,59+/m0/s1. The van der Waals surface area contributed by atoms with E-state index in [1.54, 1.807) is 12.2 Å². The highest BCUT2D eigenvalue weighted by Gasteiger charge is 2.47. The van der Waals surface area contributed by atoms with Gasteiger partial charge >= 0.3 is 11.9 Å². The van der Waals surface area contributed by atoms with Crippen molar-refractivity contribution in [1.82, 2.24) is 0 Å². The number of aliphatic hydroxyl groups excluding tert-OH is 7. The second kappa shape index (κ2) is 45.9. The SMILES string of the molecule is CCCCCCCCCCCCC/C=C/C=C/C(=O)O[C@@H](COC(=O)CCCCCCCCCCCCCCCCCCCCCCCCC)CO[C@@H]1O[C@H](CO[C@@H]2O[C@H](CO)[C@H](O)C(O)C2O)[C@H](O)C(O)C1O. The summed E-state index contributed by atoms with van der Waals surface area (Å²) in [6, 6.07) is 0. The Balaban J connectivity index is 1.73. The monoisotopic (exact) mass is 1060 g/mol. The second-order valence-corrected chi connectivity index (χ2v) is 21.3. The van der Waals surface area contributed by atoms with E-state index in [2.05, 4.69) is 13.8 Å². The van der Waals surface area contributed by atoms with Crippen LogP contribution in [0.4, 0.5) is 0 Å². The third kappa shape index (κ3) is 32.7. The van der Waals surface area contributed by atoms with Gasteiger partial charge in [-0.25, -0.2) is 4.79 Å². The first-order valence-electron chi connectivity index (χ1n) is 30.0. The molecule has 0 saturated carbocycles. The van der Waals surface area contributed by atoms with Gasteiger partial charge in [0.15, 0.2) is 18.7 Å². The zero-order valence-electron chi connectivity index (χ0n) is 46.3. The van der Waals surface area contributed by atoms with Crippen molar-refractivity contribution < 1.29 is 73.8 Å². The van der Waals surface area contributed by atoms with E-state index in [0.29, 0.717) is 6.42 Å². The van der Waals surface area contributed by atoms with Crippen LogP contribution >= 0.6 is 0 Å². The molecular weight excluding hydrogens is 949 g/mol.